The molecular weight excluding hydrogens is 340 g/mol. The van der Waals surface area contributed by atoms with Gasteiger partial charge in [0, 0.05) is 11.1 Å². The molecule has 28 heavy (non-hydrogen) atoms. The molecule has 0 saturated carbocycles. The smallest absolute Gasteiger partial charge is 0.0926 e. The Morgan fingerprint density at radius 1 is 0.714 bits per heavy atom. The van der Waals surface area contributed by atoms with E-state index in [2.05, 4.69) is 102 Å². The second kappa shape index (κ2) is 7.32. The molecule has 0 aliphatic heterocycles. The predicted octanol–water partition coefficient (Wildman–Crippen LogP) is 6.42. The molecule has 2 heteroatoms. The molecule has 0 unspecified atom stereocenters. The van der Waals surface area contributed by atoms with E-state index in [0.29, 0.717) is 0 Å². The van der Waals surface area contributed by atoms with E-state index in [0.717, 1.165) is 30.6 Å². The average Bonchev–Trinajstić information content (AvgIpc) is 3.16. The Labute approximate surface area is 165 Å². The van der Waals surface area contributed by atoms with Gasteiger partial charge in [-0.3, -0.25) is 0 Å². The maximum absolute atomic E-state index is 5.12. The Balaban J connectivity index is 1.73. The van der Waals surface area contributed by atoms with Gasteiger partial charge in [0.25, 0.3) is 0 Å². The molecule has 0 bridgehead atoms. The quantitative estimate of drug-likeness (QED) is 0.411. The minimum absolute atomic E-state index is 1.07. The average molecular weight is 362 g/mol. The molecular formula is C26H22N2. The summed E-state index contributed by atoms with van der Waals surface area (Å²) in [6.45, 7) is 0. The molecule has 2 nitrogen and oxygen atoms in total. The van der Waals surface area contributed by atoms with Crippen molar-refractivity contribution in [3.63, 3.8) is 0 Å². The Morgan fingerprint density at radius 3 is 2.07 bits per heavy atom. The number of hydrogen-bond acceptors (Lipinski definition) is 1. The molecule has 1 heterocycles. The van der Waals surface area contributed by atoms with Crippen molar-refractivity contribution in [2.45, 2.75) is 19.3 Å². The molecule has 0 atom stereocenters. The van der Waals surface area contributed by atoms with Crippen LogP contribution < -0.4 is 0 Å². The summed E-state index contributed by atoms with van der Waals surface area (Å²) in [5.74, 6) is 0. The van der Waals surface area contributed by atoms with Gasteiger partial charge in [0.05, 0.1) is 17.1 Å². The second-order valence-electron chi connectivity index (χ2n) is 7.22. The van der Waals surface area contributed by atoms with Crippen molar-refractivity contribution in [2.24, 2.45) is 0 Å². The van der Waals surface area contributed by atoms with Gasteiger partial charge in [0.2, 0.25) is 0 Å². The van der Waals surface area contributed by atoms with Crippen LogP contribution in [0.3, 0.4) is 0 Å². The van der Waals surface area contributed by atoms with Gasteiger partial charge in [-0.15, -0.1) is 0 Å². The highest BCUT2D eigenvalue weighted by atomic mass is 15.3. The van der Waals surface area contributed by atoms with E-state index in [1.54, 1.807) is 0 Å². The molecule has 0 spiro atoms. The van der Waals surface area contributed by atoms with E-state index in [1.807, 2.05) is 0 Å². The molecule has 4 aromatic rings. The second-order valence-corrected chi connectivity index (χ2v) is 7.22. The number of fused-ring (bicyclic) bond motifs is 1. The van der Waals surface area contributed by atoms with Gasteiger partial charge >= 0.3 is 0 Å². The Morgan fingerprint density at radius 2 is 1.36 bits per heavy atom. The van der Waals surface area contributed by atoms with Crippen molar-refractivity contribution in [1.82, 2.24) is 9.78 Å². The minimum atomic E-state index is 1.07. The van der Waals surface area contributed by atoms with Crippen molar-refractivity contribution in [3.05, 3.63) is 108 Å². The largest absolute Gasteiger partial charge is 0.232 e. The highest BCUT2D eigenvalue weighted by Crippen LogP contribution is 2.38. The normalized spacial score (nSPS) is 14.8. The van der Waals surface area contributed by atoms with Crippen LogP contribution in [0.25, 0.3) is 28.6 Å². The molecule has 1 aromatic heterocycles. The summed E-state index contributed by atoms with van der Waals surface area (Å²) in [5, 5.41) is 5.12. The number of hydrogen-bond donors (Lipinski definition) is 0. The van der Waals surface area contributed by atoms with E-state index in [4.69, 9.17) is 5.10 Å². The lowest BCUT2D eigenvalue weighted by molar-refractivity contribution is 0.818. The molecule has 5 rings (SSSR count). The SMILES string of the molecule is C(=C1CCCc2c1nn(-c1ccccc1)c2-c1ccccc1)c1ccccc1. The van der Waals surface area contributed by atoms with Crippen molar-refractivity contribution < 1.29 is 0 Å². The van der Waals surface area contributed by atoms with Crippen molar-refractivity contribution in [1.29, 1.82) is 0 Å². The van der Waals surface area contributed by atoms with Crippen LogP contribution in [-0.2, 0) is 6.42 Å². The van der Waals surface area contributed by atoms with Gasteiger partial charge in [0.1, 0.15) is 0 Å². The van der Waals surface area contributed by atoms with Gasteiger partial charge in [-0.1, -0.05) is 78.9 Å². The molecule has 0 amide bonds. The van der Waals surface area contributed by atoms with Gasteiger partial charge in [-0.25, -0.2) is 4.68 Å². The molecule has 0 N–H and O–H groups in total. The van der Waals surface area contributed by atoms with E-state index in [-0.39, 0.29) is 0 Å². The first-order valence-corrected chi connectivity index (χ1v) is 9.89. The highest BCUT2D eigenvalue weighted by molar-refractivity contribution is 5.85. The molecule has 0 fully saturated rings. The van der Waals surface area contributed by atoms with Crippen LogP contribution in [0.4, 0.5) is 0 Å². The van der Waals surface area contributed by atoms with Gasteiger partial charge in [-0.05, 0) is 48.6 Å². The Hall–Kier alpha value is -3.39. The predicted molar refractivity (Wildman–Crippen MR) is 116 cm³/mol. The van der Waals surface area contributed by atoms with Crippen LogP contribution in [-0.4, -0.2) is 9.78 Å². The van der Waals surface area contributed by atoms with Crippen LogP contribution in [0.15, 0.2) is 91.0 Å². The van der Waals surface area contributed by atoms with Crippen LogP contribution in [0.1, 0.15) is 29.7 Å². The van der Waals surface area contributed by atoms with Crippen LogP contribution in [0.2, 0.25) is 0 Å². The first kappa shape index (κ1) is 16.8. The lowest BCUT2D eigenvalue weighted by Crippen LogP contribution is -2.01. The summed E-state index contributed by atoms with van der Waals surface area (Å²) in [6, 6.07) is 31.7. The first-order chi connectivity index (χ1) is 13.9. The van der Waals surface area contributed by atoms with E-state index in [1.165, 1.54) is 28.0 Å². The molecule has 1 aliphatic carbocycles. The summed E-state index contributed by atoms with van der Waals surface area (Å²) in [6.07, 6.45) is 5.60. The van der Waals surface area contributed by atoms with E-state index < -0.39 is 0 Å². The third kappa shape index (κ3) is 3.07. The van der Waals surface area contributed by atoms with E-state index >= 15 is 0 Å². The molecule has 136 valence electrons. The minimum Gasteiger partial charge on any atom is -0.232 e. The standard InChI is InChI=1S/C26H22N2/c1-4-11-20(12-5-1)19-22-15-10-18-24-25(22)27-28(23-16-8-3-9-17-23)26(24)21-13-6-2-7-14-21/h1-9,11-14,16-17,19H,10,15,18H2. The zero-order valence-corrected chi connectivity index (χ0v) is 15.8. The number of para-hydroxylation sites is 1. The van der Waals surface area contributed by atoms with Crippen molar-refractivity contribution in [2.75, 3.05) is 0 Å². The fraction of sp³-hybridized carbons (Fsp3) is 0.115. The number of nitrogens with zero attached hydrogens (tertiary/aromatic N) is 2. The maximum Gasteiger partial charge on any atom is 0.0926 e. The number of aromatic nitrogens is 2. The summed E-state index contributed by atoms with van der Waals surface area (Å²) in [5.41, 5.74) is 8.64. The van der Waals surface area contributed by atoms with Crippen molar-refractivity contribution in [3.8, 4) is 16.9 Å². The summed E-state index contributed by atoms with van der Waals surface area (Å²) in [7, 11) is 0. The summed E-state index contributed by atoms with van der Waals surface area (Å²) in [4.78, 5) is 0. The van der Waals surface area contributed by atoms with Crippen molar-refractivity contribution >= 4 is 11.6 Å². The zero-order chi connectivity index (χ0) is 18.8. The van der Waals surface area contributed by atoms with Gasteiger partial charge < -0.3 is 0 Å². The lowest BCUT2D eigenvalue weighted by atomic mass is 9.89. The highest BCUT2D eigenvalue weighted by Gasteiger charge is 2.25. The summed E-state index contributed by atoms with van der Waals surface area (Å²) < 4.78 is 2.13. The molecule has 0 radical (unpaired) electrons. The van der Waals surface area contributed by atoms with Gasteiger partial charge in [0.15, 0.2) is 0 Å². The summed E-state index contributed by atoms with van der Waals surface area (Å²) >= 11 is 0. The van der Waals surface area contributed by atoms with Crippen LogP contribution >= 0.6 is 0 Å². The first-order valence-electron chi connectivity index (χ1n) is 9.89. The number of benzene rings is 3. The number of rotatable bonds is 3. The molecule has 0 saturated heterocycles. The monoisotopic (exact) mass is 362 g/mol. The Bertz CT molecular complexity index is 1110. The molecule has 3 aromatic carbocycles. The van der Waals surface area contributed by atoms with Crippen LogP contribution in [0, 0.1) is 0 Å². The maximum atomic E-state index is 5.12. The van der Waals surface area contributed by atoms with Gasteiger partial charge in [-0.2, -0.15) is 5.10 Å². The fourth-order valence-corrected chi connectivity index (χ4v) is 4.06. The third-order valence-corrected chi connectivity index (χ3v) is 5.35. The lowest BCUT2D eigenvalue weighted by Gasteiger charge is -2.15. The van der Waals surface area contributed by atoms with E-state index in [9.17, 15) is 0 Å². The molecule has 1 aliphatic rings. The zero-order valence-electron chi connectivity index (χ0n) is 15.8. The fourth-order valence-electron chi connectivity index (χ4n) is 4.06. The Kier molecular flexibility index (Phi) is 4.38. The number of allylic oxidation sites excluding steroid dienone is 1. The topological polar surface area (TPSA) is 17.8 Å². The van der Waals surface area contributed by atoms with Crippen LogP contribution in [0.5, 0.6) is 0 Å². The third-order valence-electron chi connectivity index (χ3n) is 5.35.